The maximum atomic E-state index is 11.4. The molecular weight excluding hydrogens is 569 g/mol. The first kappa shape index (κ1) is 25.7. The van der Waals surface area contributed by atoms with Crippen LogP contribution < -0.4 is 35.1 Å². The second-order valence-corrected chi connectivity index (χ2v) is 7.67. The van der Waals surface area contributed by atoms with Gasteiger partial charge in [0.25, 0.3) is 5.56 Å². The molecule has 0 aliphatic heterocycles. The molecule has 0 unspecified atom stereocenters. The molecule has 4 rings (SSSR count). The van der Waals surface area contributed by atoms with Crippen LogP contribution in [-0.4, -0.2) is 25.4 Å². The van der Waals surface area contributed by atoms with E-state index in [0.717, 1.165) is 19.8 Å². The van der Waals surface area contributed by atoms with Crippen LogP contribution in [0.5, 0.6) is 0 Å². The number of hydrogen-bond acceptors (Lipinski definition) is 5. The van der Waals surface area contributed by atoms with Crippen LogP contribution in [0.2, 0.25) is 15.7 Å². The molecule has 12 heteroatoms. The average molecular weight is 577 g/mol. The van der Waals surface area contributed by atoms with Crippen molar-refractivity contribution >= 4 is 88.5 Å². The van der Waals surface area contributed by atoms with Crippen LogP contribution in [0.25, 0.3) is 21.8 Å². The van der Waals surface area contributed by atoms with Gasteiger partial charge in [-0.25, -0.2) is 15.0 Å². The molecule has 6 nitrogen and oxygen atoms in total. The molecule has 2 N–H and O–H groups in total. The van der Waals surface area contributed by atoms with Crippen molar-refractivity contribution in [1.82, 2.24) is 19.9 Å². The van der Waals surface area contributed by atoms with Crippen LogP contribution in [0.3, 0.4) is 0 Å². The zero-order chi connectivity index (χ0) is 18.8. The molecule has 4 aromatic rings. The van der Waals surface area contributed by atoms with E-state index >= 15 is 0 Å². The Morgan fingerprint density at radius 1 is 0.821 bits per heavy atom. The van der Waals surface area contributed by atoms with Gasteiger partial charge in [-0.05, 0) is 79.3 Å². The number of nitrogens with one attached hydrogen (secondary N) is 1. The van der Waals surface area contributed by atoms with Crippen molar-refractivity contribution in [2.45, 2.75) is 0 Å². The van der Waals surface area contributed by atoms with Gasteiger partial charge in [0.2, 0.25) is 10.6 Å². The van der Waals surface area contributed by atoms with Crippen molar-refractivity contribution in [2.75, 3.05) is 0 Å². The fourth-order valence-electron chi connectivity index (χ4n) is 2.15. The minimum atomic E-state index is -0.226. The molecule has 0 bridgehead atoms. The summed E-state index contributed by atoms with van der Waals surface area (Å²) in [5.74, 6) is 0. The van der Waals surface area contributed by atoms with Gasteiger partial charge in [-0.3, -0.25) is 9.78 Å². The molecule has 0 saturated carbocycles. The number of rotatable bonds is 0. The Kier molecular flexibility index (Phi) is 10.3. The van der Waals surface area contributed by atoms with Crippen LogP contribution in [0.15, 0.2) is 50.1 Å². The number of benzene rings is 2. The zero-order valence-corrected chi connectivity index (χ0v) is 21.5. The SMILES string of the molecule is Clc1nc(Cl)c2cccc(Br)c2n1.O=c1[nH]c(Cl)nc2c(Br)cccc12.[Na+].[OH-]. The Labute approximate surface area is 212 Å². The van der Waals surface area contributed by atoms with Crippen molar-refractivity contribution < 1.29 is 35.0 Å². The summed E-state index contributed by atoms with van der Waals surface area (Å²) < 4.78 is 1.62. The molecule has 0 aliphatic rings. The Balaban J connectivity index is 0.000000261. The van der Waals surface area contributed by atoms with E-state index in [2.05, 4.69) is 51.8 Å². The van der Waals surface area contributed by atoms with E-state index < -0.39 is 0 Å². The molecule has 28 heavy (non-hydrogen) atoms. The summed E-state index contributed by atoms with van der Waals surface area (Å²) in [6, 6.07) is 10.9. The number of aromatic nitrogens is 4. The number of H-pyrrole nitrogens is 1. The first-order chi connectivity index (χ1) is 12.4. The molecule has 0 spiro atoms. The number of halogens is 5. The van der Waals surface area contributed by atoms with Gasteiger partial charge in [0.05, 0.1) is 16.4 Å². The summed E-state index contributed by atoms with van der Waals surface area (Å²) in [4.78, 5) is 25.7. The minimum absolute atomic E-state index is 0. The van der Waals surface area contributed by atoms with Gasteiger partial charge in [0.1, 0.15) is 5.15 Å². The van der Waals surface area contributed by atoms with Gasteiger partial charge in [-0.15, -0.1) is 0 Å². The zero-order valence-electron chi connectivity index (χ0n) is 14.1. The minimum Gasteiger partial charge on any atom is -0.870 e. The molecule has 0 fully saturated rings. The number of aromatic amines is 1. The Hall–Kier alpha value is -0.290. The van der Waals surface area contributed by atoms with Crippen LogP contribution in [0.1, 0.15) is 0 Å². The van der Waals surface area contributed by atoms with Gasteiger partial charge in [0, 0.05) is 14.3 Å². The quantitative estimate of drug-likeness (QED) is 0.197. The first-order valence-corrected chi connectivity index (χ1v) is 9.70. The van der Waals surface area contributed by atoms with E-state index in [1.807, 2.05) is 24.3 Å². The second-order valence-electron chi connectivity index (χ2n) is 4.91. The summed E-state index contributed by atoms with van der Waals surface area (Å²) in [5, 5.41) is 1.95. The monoisotopic (exact) mass is 574 g/mol. The predicted octanol–water partition coefficient (Wildman–Crippen LogP) is 2.87. The van der Waals surface area contributed by atoms with Gasteiger partial charge in [-0.2, -0.15) is 0 Å². The number of nitrogens with zero attached hydrogens (tertiary/aromatic N) is 3. The molecule has 0 atom stereocenters. The molecule has 0 amide bonds. The van der Waals surface area contributed by atoms with Crippen molar-refractivity contribution in [2.24, 2.45) is 0 Å². The Morgan fingerprint density at radius 3 is 1.96 bits per heavy atom. The van der Waals surface area contributed by atoms with Gasteiger partial charge < -0.3 is 5.48 Å². The van der Waals surface area contributed by atoms with Gasteiger partial charge >= 0.3 is 29.6 Å². The standard InChI is InChI=1S/C8H3BrCl2N2.C8H4BrClN2O.Na.H2O/c9-5-3-1-2-4-6(5)12-8(11)13-7(4)10;9-5-3-1-2-4-6(5)11-8(10)12-7(4)13;;/h1-3H;1-3H,(H,11,12,13);;1H2/q;;+1;/p-1. The van der Waals surface area contributed by atoms with E-state index in [-0.39, 0.29) is 51.2 Å². The van der Waals surface area contributed by atoms with Crippen molar-refractivity contribution in [1.29, 1.82) is 0 Å². The van der Waals surface area contributed by atoms with Crippen molar-refractivity contribution in [3.05, 3.63) is 71.4 Å². The Morgan fingerprint density at radius 2 is 1.36 bits per heavy atom. The topological polar surface area (TPSA) is 102 Å². The maximum absolute atomic E-state index is 11.4. The van der Waals surface area contributed by atoms with E-state index in [4.69, 9.17) is 34.8 Å². The summed E-state index contributed by atoms with van der Waals surface area (Å²) in [6.07, 6.45) is 0. The molecular formula is C16H8Br2Cl3N4NaO2. The predicted molar refractivity (Wildman–Crippen MR) is 114 cm³/mol. The second kappa shape index (κ2) is 11.2. The van der Waals surface area contributed by atoms with Crippen LogP contribution in [0, 0.1) is 0 Å². The molecule has 2 aromatic heterocycles. The fourth-order valence-corrected chi connectivity index (χ4v) is 3.68. The molecule has 0 radical (unpaired) electrons. The van der Waals surface area contributed by atoms with Crippen LogP contribution in [0.4, 0.5) is 0 Å². The normalized spacial score (nSPS) is 9.89. The first-order valence-electron chi connectivity index (χ1n) is 6.98. The van der Waals surface area contributed by atoms with E-state index in [9.17, 15) is 4.79 Å². The summed E-state index contributed by atoms with van der Waals surface area (Å²) >= 11 is 23.8. The van der Waals surface area contributed by atoms with Crippen LogP contribution >= 0.6 is 66.7 Å². The fraction of sp³-hybridized carbons (Fsp3) is 0. The summed E-state index contributed by atoms with van der Waals surface area (Å²) in [5.41, 5.74) is 1.08. The third-order valence-electron chi connectivity index (χ3n) is 3.26. The smallest absolute Gasteiger partial charge is 0.870 e. The van der Waals surface area contributed by atoms with E-state index in [1.165, 1.54) is 0 Å². The number of hydrogen-bond donors (Lipinski definition) is 1. The molecule has 2 heterocycles. The summed E-state index contributed by atoms with van der Waals surface area (Å²) in [6.45, 7) is 0. The summed E-state index contributed by atoms with van der Waals surface area (Å²) in [7, 11) is 0. The maximum Gasteiger partial charge on any atom is 1.00 e. The number of fused-ring (bicyclic) bond motifs is 2. The van der Waals surface area contributed by atoms with Crippen molar-refractivity contribution in [3.63, 3.8) is 0 Å². The largest absolute Gasteiger partial charge is 1.00 e. The molecule has 0 saturated heterocycles. The van der Waals surface area contributed by atoms with E-state index in [0.29, 0.717) is 16.1 Å². The molecule has 140 valence electrons. The van der Waals surface area contributed by atoms with Gasteiger partial charge in [0.15, 0.2) is 0 Å². The van der Waals surface area contributed by atoms with Gasteiger partial charge in [-0.1, -0.05) is 23.7 Å². The van der Waals surface area contributed by atoms with Crippen LogP contribution in [-0.2, 0) is 0 Å². The molecule has 0 aliphatic carbocycles. The average Bonchev–Trinajstić information content (AvgIpc) is 2.57. The molecule has 2 aromatic carbocycles. The third-order valence-corrected chi connectivity index (χ3v) is 5.18. The Bertz CT molecular complexity index is 1190. The number of para-hydroxylation sites is 2. The van der Waals surface area contributed by atoms with E-state index in [1.54, 1.807) is 12.1 Å². The third kappa shape index (κ3) is 5.87. The van der Waals surface area contributed by atoms with Crippen molar-refractivity contribution in [3.8, 4) is 0 Å².